The molecule has 11 heteroatoms. The average Bonchev–Trinajstić information content (AvgIpc) is 3.34. The van der Waals surface area contributed by atoms with Crippen molar-refractivity contribution in [1.29, 1.82) is 0 Å². The molecule has 1 amide bonds. The second kappa shape index (κ2) is 10.2. The van der Waals surface area contributed by atoms with Gasteiger partial charge in [-0.1, -0.05) is 25.1 Å². The lowest BCUT2D eigenvalue weighted by molar-refractivity contribution is -0.137. The number of alkyl halides is 3. The van der Waals surface area contributed by atoms with Gasteiger partial charge in [0, 0.05) is 41.8 Å². The Labute approximate surface area is 205 Å². The molecule has 2 N–H and O–H groups in total. The number of carbonyl (C=O) groups is 1. The van der Waals surface area contributed by atoms with Gasteiger partial charge in [0.05, 0.1) is 17.4 Å². The van der Waals surface area contributed by atoms with Crippen LogP contribution in [0.3, 0.4) is 0 Å². The summed E-state index contributed by atoms with van der Waals surface area (Å²) in [5, 5.41) is 14.1. The van der Waals surface area contributed by atoms with Gasteiger partial charge in [0.1, 0.15) is 12.0 Å². The van der Waals surface area contributed by atoms with Crippen LogP contribution in [0, 0.1) is 6.92 Å². The monoisotopic (exact) mass is 495 g/mol. The quantitative estimate of drug-likeness (QED) is 0.382. The van der Waals surface area contributed by atoms with Gasteiger partial charge in [-0.3, -0.25) is 4.79 Å². The number of nitrogens with one attached hydrogen (secondary N) is 2. The van der Waals surface area contributed by atoms with Crippen molar-refractivity contribution in [2.24, 2.45) is 0 Å². The zero-order valence-corrected chi connectivity index (χ0v) is 19.8. The second-order valence-corrected chi connectivity index (χ2v) is 8.58. The van der Waals surface area contributed by atoms with Gasteiger partial charge in [0.2, 0.25) is 0 Å². The number of halogens is 3. The van der Waals surface area contributed by atoms with E-state index in [0.29, 0.717) is 28.2 Å². The van der Waals surface area contributed by atoms with Gasteiger partial charge in [-0.15, -0.1) is 5.10 Å². The number of anilines is 1. The summed E-state index contributed by atoms with van der Waals surface area (Å²) in [7, 11) is 0. The number of benzene rings is 2. The summed E-state index contributed by atoms with van der Waals surface area (Å²) in [5.74, 6) is -0.651. The number of nitrogens with zero attached hydrogens (tertiary/aromatic N) is 5. The minimum atomic E-state index is -4.57. The van der Waals surface area contributed by atoms with Crippen molar-refractivity contribution in [2.75, 3.05) is 5.32 Å². The highest BCUT2D eigenvalue weighted by molar-refractivity contribution is 6.04. The Balaban J connectivity index is 1.60. The van der Waals surface area contributed by atoms with E-state index in [4.69, 9.17) is 0 Å². The van der Waals surface area contributed by atoms with Crippen LogP contribution in [0.4, 0.5) is 18.9 Å². The summed E-state index contributed by atoms with van der Waals surface area (Å²) in [4.78, 5) is 20.9. The van der Waals surface area contributed by atoms with Gasteiger partial charge in [-0.2, -0.15) is 13.2 Å². The Kier molecular flexibility index (Phi) is 7.11. The van der Waals surface area contributed by atoms with Crippen LogP contribution in [0.5, 0.6) is 0 Å². The Hall–Kier alpha value is -4.12. The summed E-state index contributed by atoms with van der Waals surface area (Å²) < 4.78 is 42.0. The molecule has 0 unspecified atom stereocenters. The molecule has 4 aromatic rings. The van der Waals surface area contributed by atoms with E-state index in [0.717, 1.165) is 17.7 Å². The summed E-state index contributed by atoms with van der Waals surface area (Å²) in [6.45, 7) is 5.86. The second-order valence-electron chi connectivity index (χ2n) is 8.58. The number of rotatable bonds is 7. The minimum Gasteiger partial charge on any atom is -0.322 e. The van der Waals surface area contributed by atoms with E-state index in [2.05, 4.69) is 30.9 Å². The van der Waals surface area contributed by atoms with E-state index < -0.39 is 17.6 Å². The van der Waals surface area contributed by atoms with Crippen molar-refractivity contribution in [3.63, 3.8) is 0 Å². The van der Waals surface area contributed by atoms with Crippen LogP contribution in [-0.4, -0.2) is 36.9 Å². The maximum absolute atomic E-state index is 13.5. The van der Waals surface area contributed by atoms with Gasteiger partial charge in [-0.05, 0) is 48.4 Å². The summed E-state index contributed by atoms with van der Waals surface area (Å²) in [6.07, 6.45) is 1.77. The highest BCUT2D eigenvalue weighted by Gasteiger charge is 2.31. The number of carbonyl (C=O) groups excluding carboxylic acids is 1. The van der Waals surface area contributed by atoms with Gasteiger partial charge in [0.15, 0.2) is 0 Å². The van der Waals surface area contributed by atoms with Crippen molar-refractivity contribution in [3.8, 4) is 16.9 Å². The number of aromatic nitrogens is 5. The summed E-state index contributed by atoms with van der Waals surface area (Å²) in [5.41, 5.74) is 2.58. The molecule has 0 aliphatic rings. The predicted molar refractivity (Wildman–Crippen MR) is 128 cm³/mol. The van der Waals surface area contributed by atoms with Gasteiger partial charge >= 0.3 is 6.18 Å². The standard InChI is InChI=1S/C25H24F3N7O/c1-15(2)31-10-17-6-18(8-20(7-17)25(26,27)28)24(36)32-21-5-4-16(3)23(9-21)35-13-22(33-34-35)19-11-29-14-30-12-19/h4-9,11-15,31H,10H2,1-3H3,(H,32,36). The maximum Gasteiger partial charge on any atom is 0.416 e. The highest BCUT2D eigenvalue weighted by Crippen LogP contribution is 2.31. The van der Waals surface area contributed by atoms with E-state index in [9.17, 15) is 18.0 Å². The van der Waals surface area contributed by atoms with Crippen LogP contribution >= 0.6 is 0 Å². The first-order valence-electron chi connectivity index (χ1n) is 11.1. The van der Waals surface area contributed by atoms with Crippen LogP contribution in [0.25, 0.3) is 16.9 Å². The maximum atomic E-state index is 13.5. The molecule has 36 heavy (non-hydrogen) atoms. The molecule has 186 valence electrons. The van der Waals surface area contributed by atoms with E-state index in [-0.39, 0.29) is 18.2 Å². The molecule has 2 aromatic heterocycles. The van der Waals surface area contributed by atoms with Crippen LogP contribution in [0.1, 0.15) is 40.9 Å². The van der Waals surface area contributed by atoms with Crippen molar-refractivity contribution in [2.45, 2.75) is 39.5 Å². The van der Waals surface area contributed by atoms with E-state index in [1.807, 2.05) is 20.8 Å². The van der Waals surface area contributed by atoms with Gasteiger partial charge < -0.3 is 10.6 Å². The van der Waals surface area contributed by atoms with Crippen LogP contribution < -0.4 is 10.6 Å². The third kappa shape index (κ3) is 5.92. The lowest BCUT2D eigenvalue weighted by Gasteiger charge is -2.15. The molecule has 2 heterocycles. The fourth-order valence-corrected chi connectivity index (χ4v) is 3.49. The van der Waals surface area contributed by atoms with Crippen molar-refractivity contribution in [1.82, 2.24) is 30.3 Å². The number of hydrogen-bond donors (Lipinski definition) is 2. The van der Waals surface area contributed by atoms with Crippen molar-refractivity contribution < 1.29 is 18.0 Å². The van der Waals surface area contributed by atoms with Crippen LogP contribution in [-0.2, 0) is 12.7 Å². The average molecular weight is 496 g/mol. The van der Waals surface area contributed by atoms with Crippen LogP contribution in [0.15, 0.2) is 61.3 Å². The molecular weight excluding hydrogens is 471 g/mol. The molecule has 0 saturated carbocycles. The van der Waals surface area contributed by atoms with Crippen molar-refractivity contribution >= 4 is 11.6 Å². The molecule has 0 bridgehead atoms. The Bertz CT molecular complexity index is 1370. The molecule has 0 radical (unpaired) electrons. The topological polar surface area (TPSA) is 97.6 Å². The molecule has 0 saturated heterocycles. The Morgan fingerprint density at radius 1 is 1.08 bits per heavy atom. The van der Waals surface area contributed by atoms with Crippen LogP contribution in [0.2, 0.25) is 0 Å². The molecule has 0 aliphatic heterocycles. The molecule has 2 aromatic carbocycles. The third-order valence-corrected chi connectivity index (χ3v) is 5.36. The molecule has 4 rings (SSSR count). The first-order valence-corrected chi connectivity index (χ1v) is 11.1. The Morgan fingerprint density at radius 3 is 2.53 bits per heavy atom. The first kappa shape index (κ1) is 25.0. The number of amides is 1. The smallest absolute Gasteiger partial charge is 0.322 e. The fraction of sp³-hybridized carbons (Fsp3) is 0.240. The molecule has 0 spiro atoms. The number of hydrogen-bond acceptors (Lipinski definition) is 6. The SMILES string of the molecule is Cc1ccc(NC(=O)c2cc(CNC(C)C)cc(C(F)(F)F)c2)cc1-n1cc(-c2cncnc2)nn1. The first-order chi connectivity index (χ1) is 17.1. The molecular formula is C25H24F3N7O. The molecule has 0 atom stereocenters. The molecule has 8 nitrogen and oxygen atoms in total. The predicted octanol–water partition coefficient (Wildman–Crippen LogP) is 4.80. The van der Waals surface area contributed by atoms with E-state index in [1.165, 1.54) is 12.4 Å². The van der Waals surface area contributed by atoms with E-state index >= 15 is 0 Å². The third-order valence-electron chi connectivity index (χ3n) is 5.36. The number of aryl methyl sites for hydroxylation is 1. The largest absolute Gasteiger partial charge is 0.416 e. The lowest BCUT2D eigenvalue weighted by atomic mass is 10.0. The summed E-state index contributed by atoms with van der Waals surface area (Å²) in [6, 6.07) is 8.58. The fourth-order valence-electron chi connectivity index (χ4n) is 3.49. The Morgan fingerprint density at radius 2 is 1.83 bits per heavy atom. The lowest BCUT2D eigenvalue weighted by Crippen LogP contribution is -2.23. The summed E-state index contributed by atoms with van der Waals surface area (Å²) >= 11 is 0. The molecule has 0 aliphatic carbocycles. The zero-order chi connectivity index (χ0) is 25.9. The van der Waals surface area contributed by atoms with Gasteiger partial charge in [-0.25, -0.2) is 14.6 Å². The highest BCUT2D eigenvalue weighted by atomic mass is 19.4. The minimum absolute atomic E-state index is 0.0783. The normalized spacial score (nSPS) is 11.6. The molecule has 0 fully saturated rings. The zero-order valence-electron chi connectivity index (χ0n) is 19.8. The van der Waals surface area contributed by atoms with Gasteiger partial charge in [0.25, 0.3) is 5.91 Å². The van der Waals surface area contributed by atoms with Crippen molar-refractivity contribution in [3.05, 3.63) is 83.6 Å². The van der Waals surface area contributed by atoms with E-state index in [1.54, 1.807) is 41.5 Å².